The third-order valence-corrected chi connectivity index (χ3v) is 11.2. The molecule has 4 heterocycles. The number of ether oxygens (including phenoxy) is 1. The Balaban J connectivity index is 1.15. The molecular formula is C33H44N4O4S. The van der Waals surface area contributed by atoms with Crippen LogP contribution in [0.25, 0.3) is 10.9 Å². The lowest BCUT2D eigenvalue weighted by Gasteiger charge is -2.41. The number of piperazine rings is 1. The summed E-state index contributed by atoms with van der Waals surface area (Å²) in [6, 6.07) is 19.3. The van der Waals surface area contributed by atoms with Crippen LogP contribution >= 0.6 is 0 Å². The lowest BCUT2D eigenvalue weighted by Crippen LogP contribution is -2.51. The van der Waals surface area contributed by atoms with Gasteiger partial charge in [-0.3, -0.25) is 9.69 Å². The molecule has 226 valence electrons. The summed E-state index contributed by atoms with van der Waals surface area (Å²) >= 11 is 0. The molecule has 6 rings (SSSR count). The number of aromatic nitrogens is 1. The molecule has 0 spiro atoms. The van der Waals surface area contributed by atoms with Gasteiger partial charge in [0.1, 0.15) is 17.5 Å². The van der Waals surface area contributed by atoms with Crippen molar-refractivity contribution in [3.8, 4) is 5.75 Å². The summed E-state index contributed by atoms with van der Waals surface area (Å²) in [6.45, 7) is 10.1. The van der Waals surface area contributed by atoms with Crippen LogP contribution in [0.5, 0.6) is 5.75 Å². The minimum Gasteiger partial charge on any atom is -0.490 e. The van der Waals surface area contributed by atoms with Crippen LogP contribution in [0.4, 0.5) is 0 Å². The van der Waals surface area contributed by atoms with Crippen molar-refractivity contribution in [2.75, 3.05) is 26.2 Å². The van der Waals surface area contributed by atoms with Crippen LogP contribution in [0.3, 0.4) is 0 Å². The fraction of sp³-hybridized carbons (Fsp3) is 0.545. The smallest absolute Gasteiger partial charge is 0.270 e. The van der Waals surface area contributed by atoms with Crippen LogP contribution in [0, 0.1) is 0 Å². The highest BCUT2D eigenvalue weighted by atomic mass is 32.2. The zero-order valence-electron chi connectivity index (χ0n) is 25.3. The van der Waals surface area contributed by atoms with Gasteiger partial charge in [-0.25, -0.2) is 8.42 Å². The molecule has 0 radical (unpaired) electrons. The zero-order valence-corrected chi connectivity index (χ0v) is 26.1. The van der Waals surface area contributed by atoms with Crippen LogP contribution in [0.1, 0.15) is 75.5 Å². The van der Waals surface area contributed by atoms with Crippen molar-refractivity contribution in [1.82, 2.24) is 18.7 Å². The Hall–Kier alpha value is -2.88. The molecule has 1 aromatic heterocycles. The molecule has 3 atom stereocenters. The van der Waals surface area contributed by atoms with E-state index >= 15 is 0 Å². The predicted molar refractivity (Wildman–Crippen MR) is 166 cm³/mol. The summed E-state index contributed by atoms with van der Waals surface area (Å²) in [4.78, 5) is 18.3. The van der Waals surface area contributed by atoms with Gasteiger partial charge in [-0.2, -0.15) is 4.31 Å². The molecule has 3 aliphatic rings. The number of amides is 1. The molecule has 0 saturated carbocycles. The third kappa shape index (κ3) is 5.71. The maximum atomic E-state index is 13.8. The molecule has 3 fully saturated rings. The highest BCUT2D eigenvalue weighted by Crippen LogP contribution is 2.39. The monoisotopic (exact) mass is 592 g/mol. The van der Waals surface area contributed by atoms with E-state index in [4.69, 9.17) is 4.74 Å². The van der Waals surface area contributed by atoms with E-state index in [-0.39, 0.29) is 23.8 Å². The highest BCUT2D eigenvalue weighted by molar-refractivity contribution is 7.88. The van der Waals surface area contributed by atoms with Crippen LogP contribution in [0.2, 0.25) is 0 Å². The number of hydrogen-bond donors (Lipinski definition) is 0. The molecule has 1 amide bonds. The Kier molecular flexibility index (Phi) is 8.11. The number of sulfonamides is 1. The number of carbonyl (C=O) groups excluding carboxylic acids is 1. The quantitative estimate of drug-likeness (QED) is 0.355. The summed E-state index contributed by atoms with van der Waals surface area (Å²) in [5.41, 5.74) is 2.43. The topological polar surface area (TPSA) is 75.1 Å². The van der Waals surface area contributed by atoms with Crippen molar-refractivity contribution in [3.63, 3.8) is 0 Å². The molecule has 2 aromatic carbocycles. The molecule has 0 aliphatic carbocycles. The van der Waals surface area contributed by atoms with Crippen molar-refractivity contribution in [1.29, 1.82) is 0 Å². The van der Waals surface area contributed by atoms with Crippen molar-refractivity contribution in [3.05, 3.63) is 65.9 Å². The zero-order chi connectivity index (χ0) is 29.6. The molecule has 9 heteroatoms. The summed E-state index contributed by atoms with van der Waals surface area (Å²) in [5.74, 6) is 0.786. The first-order chi connectivity index (χ1) is 20.1. The van der Waals surface area contributed by atoms with E-state index in [9.17, 15) is 13.2 Å². The van der Waals surface area contributed by atoms with E-state index in [0.29, 0.717) is 50.0 Å². The predicted octanol–water partition coefficient (Wildman–Crippen LogP) is 5.29. The Morgan fingerprint density at radius 1 is 0.881 bits per heavy atom. The largest absolute Gasteiger partial charge is 0.490 e. The number of piperidine rings is 1. The van der Waals surface area contributed by atoms with Crippen molar-refractivity contribution in [2.24, 2.45) is 0 Å². The molecule has 0 N–H and O–H groups in total. The van der Waals surface area contributed by atoms with Crippen molar-refractivity contribution < 1.29 is 17.9 Å². The van der Waals surface area contributed by atoms with Gasteiger partial charge < -0.3 is 14.2 Å². The van der Waals surface area contributed by atoms with Gasteiger partial charge in [0.25, 0.3) is 5.91 Å². The molecule has 3 aliphatic heterocycles. The average Bonchev–Trinajstić information content (AvgIpc) is 3.48. The fourth-order valence-corrected chi connectivity index (χ4v) is 9.03. The molecule has 3 aromatic rings. The molecular weight excluding hydrogens is 548 g/mol. The van der Waals surface area contributed by atoms with Gasteiger partial charge in [0.05, 0.1) is 5.75 Å². The summed E-state index contributed by atoms with van der Waals surface area (Å²) in [6.07, 6.45) is 4.88. The van der Waals surface area contributed by atoms with E-state index in [0.717, 1.165) is 35.1 Å². The maximum Gasteiger partial charge on any atom is 0.270 e. The number of nitrogens with zero attached hydrogens (tertiary/aromatic N) is 4. The lowest BCUT2D eigenvalue weighted by atomic mass is 9.98. The molecule has 1 unspecified atom stereocenters. The first-order valence-electron chi connectivity index (χ1n) is 15.5. The SMILES string of the molecule is CC(C)N1[C@@H]2CC[C@H]1CC(Oc1ccc3c(c1)cc(C(=O)N1CCN(S(=O)(=O)Cc4ccccc4)CC1)n3C(C)C)C2. The van der Waals surface area contributed by atoms with Gasteiger partial charge in [0, 0.05) is 61.2 Å². The van der Waals surface area contributed by atoms with Crippen LogP contribution in [0.15, 0.2) is 54.6 Å². The molecule has 3 saturated heterocycles. The van der Waals surface area contributed by atoms with Crippen LogP contribution in [-0.2, 0) is 15.8 Å². The van der Waals surface area contributed by atoms with Crippen LogP contribution < -0.4 is 4.74 Å². The Labute approximate surface area is 250 Å². The second-order valence-electron chi connectivity index (χ2n) is 12.8. The Bertz CT molecular complexity index is 1510. The van der Waals surface area contributed by atoms with E-state index in [2.05, 4.69) is 49.3 Å². The highest BCUT2D eigenvalue weighted by Gasteiger charge is 2.42. The van der Waals surface area contributed by atoms with E-state index in [1.165, 1.54) is 17.1 Å². The number of carbonyl (C=O) groups is 1. The molecule has 2 bridgehead atoms. The lowest BCUT2D eigenvalue weighted by molar-refractivity contribution is 0.0308. The van der Waals surface area contributed by atoms with Gasteiger partial charge in [-0.15, -0.1) is 0 Å². The van der Waals surface area contributed by atoms with Crippen molar-refractivity contribution in [2.45, 2.75) is 89.4 Å². The first-order valence-corrected chi connectivity index (χ1v) is 17.1. The minimum absolute atomic E-state index is 0.0219. The third-order valence-electron chi connectivity index (χ3n) is 9.30. The molecule has 8 nitrogen and oxygen atoms in total. The second-order valence-corrected chi connectivity index (χ2v) is 14.8. The van der Waals surface area contributed by atoms with Gasteiger partial charge in [0.2, 0.25) is 10.0 Å². The Morgan fingerprint density at radius 3 is 2.17 bits per heavy atom. The fourth-order valence-electron chi connectivity index (χ4n) is 7.51. The van der Waals surface area contributed by atoms with Crippen molar-refractivity contribution >= 4 is 26.8 Å². The first kappa shape index (κ1) is 29.2. The number of fused-ring (bicyclic) bond motifs is 3. The summed E-state index contributed by atoms with van der Waals surface area (Å²) in [7, 11) is -3.45. The normalized spacial score (nSPS) is 23.8. The maximum absolute atomic E-state index is 13.8. The Morgan fingerprint density at radius 2 is 1.55 bits per heavy atom. The average molecular weight is 593 g/mol. The number of hydrogen-bond acceptors (Lipinski definition) is 5. The summed E-state index contributed by atoms with van der Waals surface area (Å²) in [5, 5.41) is 0.996. The number of rotatable bonds is 8. The van der Waals surface area contributed by atoms with Gasteiger partial charge in [0.15, 0.2) is 0 Å². The second kappa shape index (κ2) is 11.7. The van der Waals surface area contributed by atoms with Gasteiger partial charge >= 0.3 is 0 Å². The van der Waals surface area contributed by atoms with Crippen LogP contribution in [-0.4, -0.2) is 83.4 Å². The van der Waals surface area contributed by atoms with E-state index in [1.807, 2.05) is 42.5 Å². The van der Waals surface area contributed by atoms with E-state index in [1.54, 1.807) is 4.90 Å². The van der Waals surface area contributed by atoms with E-state index < -0.39 is 10.0 Å². The number of benzene rings is 2. The van der Waals surface area contributed by atoms with Gasteiger partial charge in [-0.05, 0) is 83.2 Å². The molecule has 42 heavy (non-hydrogen) atoms. The van der Waals surface area contributed by atoms with Gasteiger partial charge in [-0.1, -0.05) is 30.3 Å². The summed E-state index contributed by atoms with van der Waals surface area (Å²) < 4.78 is 36.2. The minimum atomic E-state index is -3.45. The standard InChI is InChI=1S/C33H44N4O4S/c1-23(2)36-27-10-11-28(36)21-30(20-27)41-29-12-13-31-26(18-29)19-32(37(31)24(3)4)33(38)34-14-16-35(17-15-34)42(39,40)22-25-8-6-5-7-9-25/h5-9,12-13,18-19,23-24,27-28,30H,10-11,14-17,20-22H2,1-4H3/t27-,28+,30?.